The second-order valence-electron chi connectivity index (χ2n) is 16.9. The van der Waals surface area contributed by atoms with Crippen molar-refractivity contribution in [1.29, 1.82) is 0 Å². The Labute approximate surface area is 441 Å². The van der Waals surface area contributed by atoms with E-state index in [4.69, 9.17) is 26.4 Å². The van der Waals surface area contributed by atoms with Crippen LogP contribution >= 0.6 is 68.0 Å². The van der Waals surface area contributed by atoms with Gasteiger partial charge in [-0.1, -0.05) is 19.1 Å². The van der Waals surface area contributed by atoms with Crippen LogP contribution in [-0.2, 0) is 16.0 Å². The molecule has 0 spiro atoms. The van der Waals surface area contributed by atoms with Gasteiger partial charge in [0.2, 0.25) is 11.8 Å². The molecule has 10 bridgehead atoms. The monoisotopic (exact) mass is 1110 g/mol. The smallest absolute Gasteiger partial charge is 0.287 e. The Morgan fingerprint density at radius 1 is 0.662 bits per heavy atom. The van der Waals surface area contributed by atoms with Crippen LogP contribution in [0.1, 0.15) is 97.6 Å². The quantitative estimate of drug-likeness (QED) is 0.110. The van der Waals surface area contributed by atoms with Gasteiger partial charge >= 0.3 is 0 Å². The highest BCUT2D eigenvalue weighted by Gasteiger charge is 2.45. The Bertz CT molecular complexity index is 3560. The second kappa shape index (κ2) is 20.4. The highest BCUT2D eigenvalue weighted by molar-refractivity contribution is 7.15. The highest BCUT2D eigenvalue weighted by Crippen LogP contribution is 2.42. The molecule has 9 N–H and O–H groups in total. The summed E-state index contributed by atoms with van der Waals surface area (Å²) >= 11 is 6.59. The van der Waals surface area contributed by atoms with Crippen LogP contribution in [0.2, 0.25) is 0 Å². The zero-order valence-corrected chi connectivity index (χ0v) is 43.2. The van der Waals surface area contributed by atoms with Gasteiger partial charge in [-0.15, -0.1) is 68.0 Å². The van der Waals surface area contributed by atoms with Gasteiger partial charge in [-0.05, 0) is 36.8 Å². The number of aromatic nitrogens is 7. The van der Waals surface area contributed by atoms with E-state index < -0.39 is 77.9 Å². The number of phenols is 1. The van der Waals surface area contributed by atoms with Crippen LogP contribution in [0.25, 0.3) is 43.4 Å². The number of benzene rings is 1. The molecule has 0 saturated carbocycles. The molecule has 2 aliphatic heterocycles. The number of nitrogens with zero attached hydrogens (tertiary/aromatic N) is 8. The number of aromatic hydroxyl groups is 1. The largest absolute Gasteiger partial charge is 0.508 e. The topological polar surface area (TPSA) is 342 Å². The average Bonchev–Trinajstić information content (AvgIpc) is 4.24. The number of pyridine rings is 1. The minimum absolute atomic E-state index is 0.00847. The Hall–Kier alpha value is -7.60. The minimum Gasteiger partial charge on any atom is -0.508 e. The molecule has 2 aliphatic rings. The summed E-state index contributed by atoms with van der Waals surface area (Å²) in [6, 6.07) is 6.42. The third kappa shape index (κ3) is 10.1. The number of amides is 7. The van der Waals surface area contributed by atoms with E-state index in [1.807, 2.05) is 0 Å². The van der Waals surface area contributed by atoms with Crippen LogP contribution in [0, 0.1) is 12.8 Å². The number of aliphatic hydroxyl groups excluding tert-OH is 1. The van der Waals surface area contributed by atoms with Crippen molar-refractivity contribution < 1.29 is 43.8 Å². The predicted octanol–water partition coefficient (Wildman–Crippen LogP) is 4.75. The minimum atomic E-state index is -1.24. The van der Waals surface area contributed by atoms with Gasteiger partial charge in [0, 0.05) is 56.2 Å². The van der Waals surface area contributed by atoms with E-state index in [9.17, 15) is 43.8 Å². The molecule has 0 radical (unpaired) electrons. The van der Waals surface area contributed by atoms with Crippen molar-refractivity contribution in [2.75, 3.05) is 6.54 Å². The molecular weight excluding hydrogens is 1070 g/mol. The maximum absolute atomic E-state index is 14.8. The number of aliphatic hydroxyl groups is 1. The van der Waals surface area contributed by atoms with Gasteiger partial charge in [0.1, 0.15) is 76.7 Å². The molecule has 22 nitrogen and oxygen atoms in total. The predicted molar refractivity (Wildman–Crippen MR) is 275 cm³/mol. The molecule has 1 fully saturated rings. The van der Waals surface area contributed by atoms with Gasteiger partial charge in [0.25, 0.3) is 29.5 Å². The fourth-order valence-electron chi connectivity index (χ4n) is 8.14. The van der Waals surface area contributed by atoms with Crippen LogP contribution in [0.5, 0.6) is 5.75 Å². The van der Waals surface area contributed by atoms with Gasteiger partial charge < -0.3 is 37.2 Å². The van der Waals surface area contributed by atoms with E-state index in [0.29, 0.717) is 58.8 Å². The first kappa shape index (κ1) is 50.0. The first-order chi connectivity index (χ1) is 35.5. The summed E-state index contributed by atoms with van der Waals surface area (Å²) < 4.78 is 0. The first-order valence-corrected chi connectivity index (χ1v) is 27.3. The lowest BCUT2D eigenvalue weighted by atomic mass is 10.0. The molecule has 7 amide bonds. The fraction of sp³-hybridized carbons (Fsp3) is 0.217. The lowest BCUT2D eigenvalue weighted by Crippen LogP contribution is -2.50. The molecule has 8 aromatic rings. The summed E-state index contributed by atoms with van der Waals surface area (Å²) in [5, 5.41) is 38.6. The molecule has 0 unspecified atom stereocenters. The zero-order valence-electron chi connectivity index (χ0n) is 38.3. The average molecular weight is 1110 g/mol. The highest BCUT2D eigenvalue weighted by atomic mass is 32.1. The molecule has 9 heterocycles. The number of hydrogen-bond donors (Lipinski definition) is 7. The molecule has 74 heavy (non-hydrogen) atoms. The molecule has 28 heteroatoms. The SMILES string of the molecule is Cc1sc2nc1C(=O)NC(=O)c1nc(cs1)C(=O)N[C@@H](Cc1ccc(O)cc1)C(=O)N1C[C@H](O)[C@H](C)[C@H]1c1nc(cs1)-c1nc(cs1)-c1nc(-c3nc(C(N)=O)cs3)ccc1-c1nc(cs1)C(=O)N[C@H]2CC(N)=O. The van der Waals surface area contributed by atoms with E-state index in [1.54, 1.807) is 48.9 Å². The Kier molecular flexibility index (Phi) is 13.7. The standard InChI is InChI=1S/C46H37N13O9S6/c1-17-30(61)11-59-34(17)44-56-29(16-72-44)42-52-25(12-70-42)33-21(7-8-22(49-33)41-53-26(13-71-41)35(48)63)40-54-27(14-69-40)36(64)50-23(10-31(47)62)43-57-32(18(2)74-43)38(66)58-39(67)45-55-28(15-73-45)37(65)51-24(46(59)68)9-19-3-5-20(60)6-4-19/h3-8,12-17,23-24,30,34,60-61H,9-11H2,1-2H3,(H2,47,62)(H2,48,63)(H,50,64)(H,51,65)(H,58,66,67)/t17-,23-,24-,30-,34-/m0/s1. The number of carbonyl (C=O) groups is 7. The van der Waals surface area contributed by atoms with Crippen molar-refractivity contribution in [2.45, 2.75) is 50.9 Å². The number of hydrogen-bond acceptors (Lipinski definition) is 22. The number of aryl methyl sites for hydroxylation is 1. The number of fused-ring (bicyclic) bond motifs is 16. The van der Waals surface area contributed by atoms with Crippen molar-refractivity contribution in [1.82, 2.24) is 55.7 Å². The van der Waals surface area contributed by atoms with E-state index in [-0.39, 0.29) is 51.5 Å². The van der Waals surface area contributed by atoms with Crippen LogP contribution in [0.15, 0.2) is 63.3 Å². The Morgan fingerprint density at radius 2 is 1.30 bits per heavy atom. The third-order valence-corrected chi connectivity index (χ3v) is 17.3. The summed E-state index contributed by atoms with van der Waals surface area (Å²) in [7, 11) is 0. The summed E-state index contributed by atoms with van der Waals surface area (Å²) in [6.07, 6.45) is -1.41. The lowest BCUT2D eigenvalue weighted by molar-refractivity contribution is -0.134. The van der Waals surface area contributed by atoms with E-state index in [1.165, 1.54) is 55.8 Å². The number of rotatable bonds is 6. The van der Waals surface area contributed by atoms with Gasteiger partial charge in [-0.3, -0.25) is 38.9 Å². The van der Waals surface area contributed by atoms with Crippen LogP contribution < -0.4 is 27.4 Å². The molecule has 5 atom stereocenters. The maximum Gasteiger partial charge on any atom is 0.287 e. The van der Waals surface area contributed by atoms with E-state index in [0.717, 1.165) is 45.3 Å². The Morgan fingerprint density at radius 3 is 2.01 bits per heavy atom. The first-order valence-electron chi connectivity index (χ1n) is 22.1. The van der Waals surface area contributed by atoms with Crippen LogP contribution in [0.3, 0.4) is 0 Å². The number of primary amides is 2. The van der Waals surface area contributed by atoms with Crippen LogP contribution in [0.4, 0.5) is 0 Å². The van der Waals surface area contributed by atoms with Crippen molar-refractivity contribution in [3.8, 4) is 49.1 Å². The van der Waals surface area contributed by atoms with Gasteiger partial charge in [-0.2, -0.15) is 0 Å². The van der Waals surface area contributed by atoms with Crippen LogP contribution in [-0.4, -0.2) is 110 Å². The summed E-state index contributed by atoms with van der Waals surface area (Å²) in [4.78, 5) is 128. The number of phenolic OH excluding ortho intramolecular Hbond substituents is 1. The van der Waals surface area contributed by atoms with Gasteiger partial charge in [0.05, 0.1) is 30.3 Å². The lowest BCUT2D eigenvalue weighted by Gasteiger charge is -2.29. The number of thiazole rings is 6. The summed E-state index contributed by atoms with van der Waals surface area (Å²) in [5.41, 5.74) is 13.4. The maximum atomic E-state index is 14.8. The number of imide groups is 1. The Balaban J connectivity index is 1.06. The molecule has 376 valence electrons. The van der Waals surface area contributed by atoms with Crippen molar-refractivity contribution >= 4 is 109 Å². The summed E-state index contributed by atoms with van der Waals surface area (Å²) in [6.45, 7) is 3.27. The number of nitrogens with one attached hydrogen (secondary N) is 3. The van der Waals surface area contributed by atoms with E-state index in [2.05, 4.69) is 35.9 Å². The molecule has 7 aromatic heterocycles. The molecule has 1 saturated heterocycles. The molecular formula is C46H37N13O9S6. The van der Waals surface area contributed by atoms with Gasteiger partial charge in [-0.25, -0.2) is 34.9 Å². The number of carbonyl (C=O) groups excluding carboxylic acids is 7. The van der Waals surface area contributed by atoms with Crippen molar-refractivity contribution in [3.63, 3.8) is 0 Å². The molecule has 10 rings (SSSR count). The van der Waals surface area contributed by atoms with Crippen molar-refractivity contribution in [3.05, 3.63) is 112 Å². The number of nitrogens with two attached hydrogens (primary N) is 2. The second-order valence-corrected chi connectivity index (χ2v) is 22.4. The normalized spacial score (nSPS) is 19.4. The van der Waals surface area contributed by atoms with Gasteiger partial charge in [0.15, 0.2) is 5.01 Å². The fourth-order valence-corrected chi connectivity index (χ4v) is 13.3. The summed E-state index contributed by atoms with van der Waals surface area (Å²) in [5.74, 6) is -5.94. The van der Waals surface area contributed by atoms with Crippen molar-refractivity contribution in [2.24, 2.45) is 17.4 Å². The molecule has 0 aliphatic carbocycles. The van der Waals surface area contributed by atoms with E-state index >= 15 is 0 Å². The molecule has 1 aromatic carbocycles. The third-order valence-electron chi connectivity index (χ3n) is 11.9. The zero-order chi connectivity index (χ0) is 52.1.